The molecule has 0 aliphatic carbocycles. The van der Waals surface area contributed by atoms with Gasteiger partial charge in [-0.15, -0.1) is 0 Å². The van der Waals surface area contributed by atoms with Crippen LogP contribution < -0.4 is 9.47 Å². The molecule has 0 aliphatic heterocycles. The summed E-state index contributed by atoms with van der Waals surface area (Å²) in [6, 6.07) is 10.3. The molecule has 0 aliphatic rings. The Bertz CT molecular complexity index is 686. The van der Waals surface area contributed by atoms with Gasteiger partial charge in [-0.1, -0.05) is 83.9 Å². The first-order chi connectivity index (χ1) is 14.3. The number of hydrogen-bond acceptors (Lipinski definition) is 3. The zero-order chi connectivity index (χ0) is 20.7. The highest BCUT2D eigenvalue weighted by Crippen LogP contribution is 2.36. The molecule has 29 heavy (non-hydrogen) atoms. The zero-order valence-electron chi connectivity index (χ0n) is 18.7. The number of benzene rings is 1. The van der Waals surface area contributed by atoms with Crippen LogP contribution >= 0.6 is 0 Å². The van der Waals surface area contributed by atoms with Crippen LogP contribution in [0.4, 0.5) is 0 Å². The molecule has 160 valence electrons. The Labute approximate surface area is 177 Å². The SMILES string of the molecule is CCCCCCOc1cnccc1-c1ccccc1OCC(C)CCCCCC. The summed E-state index contributed by atoms with van der Waals surface area (Å²) in [6.07, 6.45) is 14.9. The maximum Gasteiger partial charge on any atom is 0.145 e. The van der Waals surface area contributed by atoms with E-state index >= 15 is 0 Å². The highest BCUT2D eigenvalue weighted by molar-refractivity contribution is 5.75. The molecule has 1 aromatic carbocycles. The van der Waals surface area contributed by atoms with E-state index in [2.05, 4.69) is 44.0 Å². The predicted octanol–water partition coefficient (Wildman–Crippen LogP) is 7.69. The topological polar surface area (TPSA) is 31.4 Å². The van der Waals surface area contributed by atoms with Gasteiger partial charge in [-0.3, -0.25) is 4.98 Å². The summed E-state index contributed by atoms with van der Waals surface area (Å²) in [4.78, 5) is 4.27. The molecule has 3 nitrogen and oxygen atoms in total. The van der Waals surface area contributed by atoms with Crippen LogP contribution in [0.1, 0.15) is 78.6 Å². The first-order valence-corrected chi connectivity index (χ1v) is 11.5. The Hall–Kier alpha value is -2.03. The molecule has 1 unspecified atom stereocenters. The zero-order valence-corrected chi connectivity index (χ0v) is 18.7. The third-order valence-corrected chi connectivity index (χ3v) is 5.29. The van der Waals surface area contributed by atoms with E-state index in [0.717, 1.165) is 42.3 Å². The van der Waals surface area contributed by atoms with Gasteiger partial charge in [0.05, 0.1) is 19.4 Å². The van der Waals surface area contributed by atoms with Crippen molar-refractivity contribution in [3.8, 4) is 22.6 Å². The summed E-state index contributed by atoms with van der Waals surface area (Å²) >= 11 is 0. The van der Waals surface area contributed by atoms with Gasteiger partial charge < -0.3 is 9.47 Å². The fourth-order valence-corrected chi connectivity index (χ4v) is 3.48. The van der Waals surface area contributed by atoms with E-state index in [-0.39, 0.29) is 0 Å². The van der Waals surface area contributed by atoms with Crippen molar-refractivity contribution in [2.75, 3.05) is 13.2 Å². The number of ether oxygens (including phenoxy) is 2. The Morgan fingerprint density at radius 1 is 0.793 bits per heavy atom. The number of hydrogen-bond donors (Lipinski definition) is 0. The standard InChI is InChI=1S/C26H39NO2/c1-4-6-8-10-14-22(3)21-29-25-16-12-11-15-23(25)24-17-18-27-20-26(24)28-19-13-9-7-5-2/h11-12,15-18,20,22H,4-10,13-14,19,21H2,1-3H3. The van der Waals surface area contributed by atoms with Crippen molar-refractivity contribution in [3.63, 3.8) is 0 Å². The van der Waals surface area contributed by atoms with Crippen LogP contribution in [0.15, 0.2) is 42.7 Å². The predicted molar refractivity (Wildman–Crippen MR) is 123 cm³/mol. The normalized spacial score (nSPS) is 12.0. The van der Waals surface area contributed by atoms with Crippen molar-refractivity contribution in [3.05, 3.63) is 42.7 Å². The first kappa shape index (κ1) is 23.3. The van der Waals surface area contributed by atoms with Crippen molar-refractivity contribution >= 4 is 0 Å². The average molecular weight is 398 g/mol. The number of rotatable bonds is 15. The third kappa shape index (κ3) is 8.47. The molecular formula is C26H39NO2. The second-order valence-electron chi connectivity index (χ2n) is 8.04. The molecule has 0 saturated heterocycles. The van der Waals surface area contributed by atoms with Crippen molar-refractivity contribution < 1.29 is 9.47 Å². The highest BCUT2D eigenvalue weighted by atomic mass is 16.5. The van der Waals surface area contributed by atoms with Gasteiger partial charge in [0.15, 0.2) is 0 Å². The number of unbranched alkanes of at least 4 members (excludes halogenated alkanes) is 6. The molecule has 0 saturated carbocycles. The van der Waals surface area contributed by atoms with Crippen molar-refractivity contribution in [1.82, 2.24) is 4.98 Å². The molecule has 0 fully saturated rings. The lowest BCUT2D eigenvalue weighted by molar-refractivity contribution is 0.249. The summed E-state index contributed by atoms with van der Waals surface area (Å²) in [5.74, 6) is 2.33. The van der Waals surface area contributed by atoms with Gasteiger partial charge in [-0.2, -0.15) is 0 Å². The Morgan fingerprint density at radius 3 is 2.31 bits per heavy atom. The summed E-state index contributed by atoms with van der Waals surface area (Å²) in [5.41, 5.74) is 2.14. The molecule has 2 rings (SSSR count). The maximum absolute atomic E-state index is 6.25. The molecule has 1 atom stereocenters. The lowest BCUT2D eigenvalue weighted by Gasteiger charge is -2.17. The van der Waals surface area contributed by atoms with Crippen LogP contribution in [0.2, 0.25) is 0 Å². The Kier molecular flexibility index (Phi) is 11.3. The van der Waals surface area contributed by atoms with Gasteiger partial charge >= 0.3 is 0 Å². The highest BCUT2D eigenvalue weighted by Gasteiger charge is 2.13. The molecule has 0 radical (unpaired) electrons. The third-order valence-electron chi connectivity index (χ3n) is 5.29. The van der Waals surface area contributed by atoms with Gasteiger partial charge in [0.1, 0.15) is 11.5 Å². The molecule has 1 aromatic heterocycles. The van der Waals surface area contributed by atoms with E-state index in [1.54, 1.807) is 0 Å². The van der Waals surface area contributed by atoms with E-state index in [0.29, 0.717) is 5.92 Å². The molecule has 1 heterocycles. The number of nitrogens with zero attached hydrogens (tertiary/aromatic N) is 1. The van der Waals surface area contributed by atoms with Gasteiger partial charge in [-0.05, 0) is 30.9 Å². The Balaban J connectivity index is 1.99. The van der Waals surface area contributed by atoms with Gasteiger partial charge in [-0.25, -0.2) is 0 Å². The monoisotopic (exact) mass is 397 g/mol. The van der Waals surface area contributed by atoms with Crippen LogP contribution in [-0.2, 0) is 0 Å². The summed E-state index contributed by atoms with van der Waals surface area (Å²) in [6.45, 7) is 8.25. The van der Waals surface area contributed by atoms with Crippen LogP contribution in [0.5, 0.6) is 11.5 Å². The first-order valence-electron chi connectivity index (χ1n) is 11.5. The van der Waals surface area contributed by atoms with Crippen LogP contribution in [0.25, 0.3) is 11.1 Å². The Morgan fingerprint density at radius 2 is 1.52 bits per heavy atom. The van der Waals surface area contributed by atoms with Crippen molar-refractivity contribution in [2.45, 2.75) is 78.6 Å². The number of para-hydroxylation sites is 1. The van der Waals surface area contributed by atoms with Gasteiger partial charge in [0.2, 0.25) is 0 Å². The number of aromatic nitrogens is 1. The lowest BCUT2D eigenvalue weighted by Crippen LogP contribution is -2.09. The van der Waals surface area contributed by atoms with Crippen LogP contribution in [-0.4, -0.2) is 18.2 Å². The van der Waals surface area contributed by atoms with Crippen molar-refractivity contribution in [1.29, 1.82) is 0 Å². The van der Waals surface area contributed by atoms with E-state index in [1.165, 1.54) is 51.4 Å². The van der Waals surface area contributed by atoms with Crippen LogP contribution in [0.3, 0.4) is 0 Å². The smallest absolute Gasteiger partial charge is 0.145 e. The summed E-state index contributed by atoms with van der Waals surface area (Å²) in [7, 11) is 0. The molecule has 0 spiro atoms. The fourth-order valence-electron chi connectivity index (χ4n) is 3.48. The largest absolute Gasteiger partial charge is 0.493 e. The minimum atomic E-state index is 0.562. The van der Waals surface area contributed by atoms with Gasteiger partial charge in [0.25, 0.3) is 0 Å². The quantitative estimate of drug-likeness (QED) is 0.289. The molecule has 3 heteroatoms. The maximum atomic E-state index is 6.25. The van der Waals surface area contributed by atoms with Crippen LogP contribution in [0, 0.1) is 5.92 Å². The average Bonchev–Trinajstić information content (AvgIpc) is 2.76. The minimum Gasteiger partial charge on any atom is -0.493 e. The molecule has 2 aromatic rings. The van der Waals surface area contributed by atoms with E-state index in [4.69, 9.17) is 9.47 Å². The summed E-state index contributed by atoms with van der Waals surface area (Å²) in [5, 5.41) is 0. The second-order valence-corrected chi connectivity index (χ2v) is 8.04. The molecular weight excluding hydrogens is 358 g/mol. The van der Waals surface area contributed by atoms with E-state index < -0.39 is 0 Å². The second kappa shape index (κ2) is 14.0. The lowest BCUT2D eigenvalue weighted by atomic mass is 10.0. The molecule has 0 N–H and O–H groups in total. The van der Waals surface area contributed by atoms with E-state index in [1.807, 2.05) is 24.5 Å². The molecule has 0 amide bonds. The minimum absolute atomic E-state index is 0.562. The van der Waals surface area contributed by atoms with E-state index in [9.17, 15) is 0 Å². The van der Waals surface area contributed by atoms with Gasteiger partial charge in [0, 0.05) is 17.3 Å². The number of pyridine rings is 1. The van der Waals surface area contributed by atoms with Crippen molar-refractivity contribution in [2.24, 2.45) is 5.92 Å². The summed E-state index contributed by atoms with van der Waals surface area (Å²) < 4.78 is 12.3. The molecule has 0 bridgehead atoms. The fraction of sp³-hybridized carbons (Fsp3) is 0.577.